The maximum Gasteiger partial charge on any atom is 0.414 e. The van der Waals surface area contributed by atoms with Gasteiger partial charge in [-0.3, -0.25) is 9.79 Å². The zero-order chi connectivity index (χ0) is 31.5. The van der Waals surface area contributed by atoms with Gasteiger partial charge in [0.05, 0.1) is 38.2 Å². The number of rotatable bonds is 13. The summed E-state index contributed by atoms with van der Waals surface area (Å²) in [4.78, 5) is 44.3. The fourth-order valence-corrected chi connectivity index (χ4v) is 5.01. The van der Waals surface area contributed by atoms with Crippen molar-refractivity contribution < 1.29 is 33.3 Å². The van der Waals surface area contributed by atoms with Crippen LogP contribution >= 0.6 is 11.6 Å². The number of esters is 2. The summed E-state index contributed by atoms with van der Waals surface area (Å²) in [5, 5.41) is 3.81. The minimum absolute atomic E-state index is 0.00124. The summed E-state index contributed by atoms with van der Waals surface area (Å²) in [5.41, 5.74) is 2.71. The minimum atomic E-state index is -0.849. The Bertz CT molecular complexity index is 1340. The molecule has 232 valence electrons. The number of amides is 1. The quantitative estimate of drug-likeness (QED) is 0.238. The third-order valence-corrected chi connectivity index (χ3v) is 7.56. The van der Waals surface area contributed by atoms with Gasteiger partial charge in [-0.15, -0.1) is 0 Å². The van der Waals surface area contributed by atoms with Crippen molar-refractivity contribution in [1.82, 2.24) is 10.2 Å². The first kappa shape index (κ1) is 33.8. The van der Waals surface area contributed by atoms with Crippen LogP contribution in [0.1, 0.15) is 50.8 Å². The minimum Gasteiger partial charge on any atom is -0.468 e. The molecule has 2 aromatic rings. The summed E-state index contributed by atoms with van der Waals surface area (Å²) in [6.45, 7) is 8.92. The predicted octanol–water partition coefficient (Wildman–Crippen LogP) is 5.32. The molecule has 3 unspecified atom stereocenters. The van der Waals surface area contributed by atoms with E-state index in [0.717, 1.165) is 5.56 Å². The summed E-state index contributed by atoms with van der Waals surface area (Å²) in [6, 6.07) is 14.4. The molecule has 2 aromatic carbocycles. The van der Waals surface area contributed by atoms with Crippen molar-refractivity contribution in [2.45, 2.75) is 39.7 Å². The van der Waals surface area contributed by atoms with E-state index in [0.29, 0.717) is 47.4 Å². The Hall–Kier alpha value is -3.73. The van der Waals surface area contributed by atoms with E-state index in [1.54, 1.807) is 57.3 Å². The maximum absolute atomic E-state index is 13.3. The molecule has 1 aliphatic heterocycles. The molecule has 11 heteroatoms. The second kappa shape index (κ2) is 16.2. The fourth-order valence-electron chi connectivity index (χ4n) is 4.76. The van der Waals surface area contributed by atoms with Gasteiger partial charge in [-0.25, -0.2) is 9.59 Å². The molecule has 1 amide bonds. The lowest BCUT2D eigenvalue weighted by Gasteiger charge is -2.32. The lowest BCUT2D eigenvalue weighted by molar-refractivity contribution is -0.144. The zero-order valence-electron chi connectivity index (χ0n) is 25.5. The van der Waals surface area contributed by atoms with Crippen LogP contribution in [0.3, 0.4) is 0 Å². The first-order valence-electron chi connectivity index (χ1n) is 14.2. The average Bonchev–Trinajstić information content (AvgIpc) is 3.00. The summed E-state index contributed by atoms with van der Waals surface area (Å²) in [6.07, 6.45) is -0.406. The molecule has 3 atom stereocenters. The molecule has 0 saturated heterocycles. The topological polar surface area (TPSA) is 116 Å². The van der Waals surface area contributed by atoms with Gasteiger partial charge in [0.15, 0.2) is 0 Å². The van der Waals surface area contributed by atoms with E-state index in [4.69, 9.17) is 30.5 Å². The molecule has 0 aliphatic carbocycles. The molecule has 0 aromatic heterocycles. The van der Waals surface area contributed by atoms with Crippen LogP contribution in [0.5, 0.6) is 5.75 Å². The largest absolute Gasteiger partial charge is 0.468 e. The Labute approximate surface area is 258 Å². The van der Waals surface area contributed by atoms with Crippen molar-refractivity contribution in [3.05, 3.63) is 76.0 Å². The number of carbonyl (C=O) groups is 3. The van der Waals surface area contributed by atoms with Gasteiger partial charge in [-0.1, -0.05) is 41.9 Å². The summed E-state index contributed by atoms with van der Waals surface area (Å²) in [5.74, 6) is -2.23. The Balaban J connectivity index is 1.70. The number of nitrogens with one attached hydrogen (secondary N) is 1. The van der Waals surface area contributed by atoms with Gasteiger partial charge in [0.25, 0.3) is 0 Å². The van der Waals surface area contributed by atoms with Crippen LogP contribution < -0.4 is 10.1 Å². The Morgan fingerprint density at radius 1 is 1.09 bits per heavy atom. The molecular formula is C32H40ClN3O7. The third-order valence-electron chi connectivity index (χ3n) is 7.21. The lowest BCUT2D eigenvalue weighted by atomic mass is 9.75. The molecule has 0 saturated carbocycles. The van der Waals surface area contributed by atoms with Crippen LogP contribution in [-0.4, -0.2) is 75.7 Å². The van der Waals surface area contributed by atoms with Crippen molar-refractivity contribution >= 4 is 35.3 Å². The van der Waals surface area contributed by atoms with E-state index in [1.807, 2.05) is 26.0 Å². The highest BCUT2D eigenvalue weighted by Gasteiger charge is 2.43. The van der Waals surface area contributed by atoms with E-state index in [-0.39, 0.29) is 24.8 Å². The molecule has 0 fully saturated rings. The number of hydrogen-bond donors (Lipinski definition) is 1. The van der Waals surface area contributed by atoms with Crippen LogP contribution in [0.15, 0.2) is 64.8 Å². The normalized spacial score (nSPS) is 17.1. The SMILES string of the molecule is CCOC(=O)C1=C(COCCNC(C)c2ccc(OC(=O)N(C)CC)cc2)N=C(C)C(C(=O)OC)C1c1ccccc1Cl. The smallest absolute Gasteiger partial charge is 0.414 e. The standard InChI is InChI=1S/C32H40ClN3O7/c1-7-36(5)32(39)43-23-15-13-22(14-16-23)20(3)34-17-18-41-19-26-29(31(38)42-8-2)28(24-11-9-10-12-25(24)33)27(21(4)35-26)30(37)40-6/h9-16,20,27-28,34H,7-8,17-19H2,1-6H3. The van der Waals surface area contributed by atoms with Gasteiger partial charge in [0.2, 0.25) is 0 Å². The van der Waals surface area contributed by atoms with E-state index in [1.165, 1.54) is 12.0 Å². The number of carbonyl (C=O) groups excluding carboxylic acids is 3. The van der Waals surface area contributed by atoms with Crippen molar-refractivity contribution in [1.29, 1.82) is 0 Å². The number of ether oxygens (including phenoxy) is 4. The maximum atomic E-state index is 13.3. The molecule has 0 radical (unpaired) electrons. The van der Waals surface area contributed by atoms with Crippen molar-refractivity contribution in [2.24, 2.45) is 10.9 Å². The second-order valence-electron chi connectivity index (χ2n) is 10.0. The first-order valence-corrected chi connectivity index (χ1v) is 14.6. The highest BCUT2D eigenvalue weighted by molar-refractivity contribution is 6.31. The molecule has 0 bridgehead atoms. The summed E-state index contributed by atoms with van der Waals surface area (Å²) in [7, 11) is 2.98. The number of benzene rings is 2. The van der Waals surface area contributed by atoms with Gasteiger partial charge >= 0.3 is 18.0 Å². The molecular weight excluding hydrogens is 574 g/mol. The van der Waals surface area contributed by atoms with Gasteiger partial charge in [0.1, 0.15) is 11.7 Å². The third kappa shape index (κ3) is 8.65. The van der Waals surface area contributed by atoms with Crippen LogP contribution in [0.4, 0.5) is 4.79 Å². The molecule has 1 aliphatic rings. The van der Waals surface area contributed by atoms with E-state index >= 15 is 0 Å². The highest BCUT2D eigenvalue weighted by Crippen LogP contribution is 2.42. The van der Waals surface area contributed by atoms with Crippen molar-refractivity contribution in [2.75, 3.05) is 47.1 Å². The number of hydrogen-bond acceptors (Lipinski definition) is 9. The van der Waals surface area contributed by atoms with Crippen LogP contribution in [-0.2, 0) is 23.8 Å². The van der Waals surface area contributed by atoms with E-state index < -0.39 is 29.9 Å². The Morgan fingerprint density at radius 2 is 1.79 bits per heavy atom. The number of aliphatic imine (C=N–C) groups is 1. The van der Waals surface area contributed by atoms with Crippen molar-refractivity contribution in [3.8, 4) is 5.75 Å². The molecule has 43 heavy (non-hydrogen) atoms. The number of methoxy groups -OCH3 is 1. The van der Waals surface area contributed by atoms with Crippen molar-refractivity contribution in [3.63, 3.8) is 0 Å². The van der Waals surface area contributed by atoms with E-state index in [9.17, 15) is 14.4 Å². The molecule has 0 spiro atoms. The summed E-state index contributed by atoms with van der Waals surface area (Å²) >= 11 is 6.56. The van der Waals surface area contributed by atoms with Gasteiger partial charge < -0.3 is 29.2 Å². The lowest BCUT2D eigenvalue weighted by Crippen LogP contribution is -2.37. The molecule has 1 heterocycles. The second-order valence-corrected chi connectivity index (χ2v) is 10.4. The first-order chi connectivity index (χ1) is 20.6. The van der Waals surface area contributed by atoms with E-state index in [2.05, 4.69) is 10.3 Å². The van der Waals surface area contributed by atoms with Crippen LogP contribution in [0.25, 0.3) is 0 Å². The van der Waals surface area contributed by atoms with Crippen LogP contribution in [0, 0.1) is 5.92 Å². The fraction of sp³-hybridized carbons (Fsp3) is 0.438. The monoisotopic (exact) mass is 613 g/mol. The number of nitrogens with zero attached hydrogens (tertiary/aromatic N) is 2. The number of halogens is 1. The molecule has 3 rings (SSSR count). The van der Waals surface area contributed by atoms with Gasteiger partial charge in [0, 0.05) is 42.8 Å². The van der Waals surface area contributed by atoms with Gasteiger partial charge in [-0.2, -0.15) is 0 Å². The Morgan fingerprint density at radius 3 is 2.42 bits per heavy atom. The van der Waals surface area contributed by atoms with Gasteiger partial charge in [-0.05, 0) is 57.0 Å². The van der Waals surface area contributed by atoms with Crippen LogP contribution in [0.2, 0.25) is 5.02 Å². The molecule has 1 N–H and O–H groups in total. The highest BCUT2D eigenvalue weighted by atomic mass is 35.5. The summed E-state index contributed by atoms with van der Waals surface area (Å²) < 4.78 is 21.8. The average molecular weight is 614 g/mol. The zero-order valence-corrected chi connectivity index (χ0v) is 26.3. The Kier molecular flexibility index (Phi) is 12.7. The molecule has 10 nitrogen and oxygen atoms in total. The predicted molar refractivity (Wildman–Crippen MR) is 164 cm³/mol.